The minimum absolute atomic E-state index is 0.202. The summed E-state index contributed by atoms with van der Waals surface area (Å²) in [5, 5.41) is 9.43. The fourth-order valence-electron chi connectivity index (χ4n) is 1.76. The molecular formula is C9H14N2O3S. The van der Waals surface area contributed by atoms with Gasteiger partial charge in [0.1, 0.15) is 0 Å². The summed E-state index contributed by atoms with van der Waals surface area (Å²) in [5.41, 5.74) is 0. The van der Waals surface area contributed by atoms with Crippen molar-refractivity contribution in [2.75, 3.05) is 13.1 Å². The van der Waals surface area contributed by atoms with Crippen molar-refractivity contribution in [2.45, 2.75) is 23.8 Å². The SMILES string of the molecule is O=S(=O)(c1cc[nH]c1)N1CCCC(O)C1. The number of aliphatic hydroxyl groups excluding tert-OH is 1. The predicted molar refractivity (Wildman–Crippen MR) is 54.8 cm³/mol. The monoisotopic (exact) mass is 230 g/mol. The van der Waals surface area contributed by atoms with Crippen molar-refractivity contribution in [2.24, 2.45) is 0 Å². The molecule has 1 atom stereocenters. The summed E-state index contributed by atoms with van der Waals surface area (Å²) >= 11 is 0. The minimum atomic E-state index is -3.41. The van der Waals surface area contributed by atoms with Crippen LogP contribution in [0.2, 0.25) is 0 Å². The van der Waals surface area contributed by atoms with E-state index in [9.17, 15) is 13.5 Å². The van der Waals surface area contributed by atoms with Gasteiger partial charge in [-0.15, -0.1) is 0 Å². The number of hydrogen-bond acceptors (Lipinski definition) is 3. The maximum Gasteiger partial charge on any atom is 0.244 e. The Labute approximate surface area is 88.8 Å². The van der Waals surface area contributed by atoms with E-state index in [-0.39, 0.29) is 11.4 Å². The van der Waals surface area contributed by atoms with Gasteiger partial charge in [-0.25, -0.2) is 8.42 Å². The van der Waals surface area contributed by atoms with Crippen LogP contribution in [0.4, 0.5) is 0 Å². The molecule has 2 heterocycles. The average molecular weight is 230 g/mol. The molecule has 0 radical (unpaired) electrons. The van der Waals surface area contributed by atoms with Crippen LogP contribution in [0.15, 0.2) is 23.4 Å². The number of nitrogens with one attached hydrogen (secondary N) is 1. The second-order valence-electron chi connectivity index (χ2n) is 3.71. The lowest BCUT2D eigenvalue weighted by Gasteiger charge is -2.28. The first-order chi connectivity index (χ1) is 7.10. The Kier molecular flexibility index (Phi) is 2.81. The van der Waals surface area contributed by atoms with Gasteiger partial charge < -0.3 is 10.1 Å². The quantitative estimate of drug-likeness (QED) is 0.760. The van der Waals surface area contributed by atoms with Crippen LogP contribution in [0.1, 0.15) is 12.8 Å². The second-order valence-corrected chi connectivity index (χ2v) is 5.64. The maximum absolute atomic E-state index is 12.0. The topological polar surface area (TPSA) is 73.4 Å². The number of aliphatic hydroxyl groups is 1. The van der Waals surface area contributed by atoms with E-state index in [0.29, 0.717) is 19.4 Å². The highest BCUT2D eigenvalue weighted by molar-refractivity contribution is 7.89. The normalized spacial score (nSPS) is 24.2. The van der Waals surface area contributed by atoms with Crippen molar-refractivity contribution in [3.63, 3.8) is 0 Å². The van der Waals surface area contributed by atoms with Crippen molar-refractivity contribution >= 4 is 10.0 Å². The molecule has 0 aromatic carbocycles. The van der Waals surface area contributed by atoms with Gasteiger partial charge in [-0.3, -0.25) is 0 Å². The highest BCUT2D eigenvalue weighted by atomic mass is 32.2. The van der Waals surface area contributed by atoms with Crippen LogP contribution in [-0.4, -0.2) is 42.0 Å². The molecule has 1 aliphatic rings. The maximum atomic E-state index is 12.0. The Hall–Kier alpha value is -0.850. The second kappa shape index (κ2) is 3.96. The zero-order valence-electron chi connectivity index (χ0n) is 8.26. The smallest absolute Gasteiger partial charge is 0.244 e. The van der Waals surface area contributed by atoms with Crippen LogP contribution in [-0.2, 0) is 10.0 Å². The third kappa shape index (κ3) is 2.06. The van der Waals surface area contributed by atoms with Gasteiger partial charge in [-0.2, -0.15) is 4.31 Å². The summed E-state index contributed by atoms with van der Waals surface area (Å²) < 4.78 is 25.3. The molecule has 1 aromatic heterocycles. The average Bonchev–Trinajstić information content (AvgIpc) is 2.71. The van der Waals surface area contributed by atoms with E-state index in [1.165, 1.54) is 16.6 Å². The third-order valence-electron chi connectivity index (χ3n) is 2.57. The van der Waals surface area contributed by atoms with Crippen LogP contribution in [0.5, 0.6) is 0 Å². The number of sulfonamides is 1. The number of nitrogens with zero attached hydrogens (tertiary/aromatic N) is 1. The summed E-state index contributed by atoms with van der Waals surface area (Å²) in [6.07, 6.45) is 3.89. The molecule has 0 spiro atoms. The lowest BCUT2D eigenvalue weighted by atomic mass is 10.1. The first-order valence-corrected chi connectivity index (χ1v) is 6.36. The van der Waals surface area contributed by atoms with E-state index in [1.807, 2.05) is 0 Å². The van der Waals surface area contributed by atoms with E-state index in [2.05, 4.69) is 4.98 Å². The Morgan fingerprint density at radius 2 is 2.33 bits per heavy atom. The van der Waals surface area contributed by atoms with Gasteiger partial charge in [0.15, 0.2) is 0 Å². The van der Waals surface area contributed by atoms with Crippen molar-refractivity contribution in [1.82, 2.24) is 9.29 Å². The fourth-order valence-corrected chi connectivity index (χ4v) is 3.25. The number of rotatable bonds is 2. The summed E-state index contributed by atoms with van der Waals surface area (Å²) in [7, 11) is -3.41. The van der Waals surface area contributed by atoms with Gasteiger partial charge >= 0.3 is 0 Å². The molecular weight excluding hydrogens is 216 g/mol. The summed E-state index contributed by atoms with van der Waals surface area (Å²) in [6.45, 7) is 0.693. The number of β-amino-alcohol motifs (C(OH)–C–C–N with tert-alkyl or cyclic N) is 1. The Balaban J connectivity index is 2.22. The molecule has 2 rings (SSSR count). The van der Waals surface area contributed by atoms with Gasteiger partial charge in [0.2, 0.25) is 10.0 Å². The first-order valence-electron chi connectivity index (χ1n) is 4.92. The summed E-state index contributed by atoms with van der Waals surface area (Å²) in [5.74, 6) is 0. The number of hydrogen-bond donors (Lipinski definition) is 2. The Morgan fingerprint density at radius 3 is 2.93 bits per heavy atom. The molecule has 0 aliphatic carbocycles. The van der Waals surface area contributed by atoms with E-state index in [4.69, 9.17) is 0 Å². The molecule has 1 aliphatic heterocycles. The van der Waals surface area contributed by atoms with Crippen molar-refractivity contribution in [3.8, 4) is 0 Å². The molecule has 1 unspecified atom stereocenters. The molecule has 5 nitrogen and oxygen atoms in total. The predicted octanol–water partition coefficient (Wildman–Crippen LogP) is 0.160. The van der Waals surface area contributed by atoms with E-state index < -0.39 is 16.1 Å². The van der Waals surface area contributed by atoms with Gasteiger partial charge in [0.05, 0.1) is 11.0 Å². The highest BCUT2D eigenvalue weighted by Gasteiger charge is 2.29. The summed E-state index contributed by atoms with van der Waals surface area (Å²) in [6, 6.07) is 1.52. The number of aromatic nitrogens is 1. The number of aromatic amines is 1. The largest absolute Gasteiger partial charge is 0.392 e. The molecule has 1 fully saturated rings. The molecule has 0 bridgehead atoms. The van der Waals surface area contributed by atoms with Crippen LogP contribution >= 0.6 is 0 Å². The van der Waals surface area contributed by atoms with Gasteiger partial charge in [-0.05, 0) is 18.9 Å². The molecule has 84 valence electrons. The third-order valence-corrected chi connectivity index (χ3v) is 4.43. The zero-order chi connectivity index (χ0) is 10.9. The molecule has 1 aromatic rings. The van der Waals surface area contributed by atoms with Crippen LogP contribution < -0.4 is 0 Å². The van der Waals surface area contributed by atoms with Crippen LogP contribution in [0.3, 0.4) is 0 Å². The van der Waals surface area contributed by atoms with E-state index in [1.54, 1.807) is 6.20 Å². The number of H-pyrrole nitrogens is 1. The molecule has 0 amide bonds. The Bertz CT molecular complexity index is 413. The van der Waals surface area contributed by atoms with Gasteiger partial charge in [0, 0.05) is 25.5 Å². The summed E-state index contributed by atoms with van der Waals surface area (Å²) in [4.78, 5) is 2.98. The van der Waals surface area contributed by atoms with Gasteiger partial charge in [0.25, 0.3) is 0 Å². The van der Waals surface area contributed by atoms with E-state index in [0.717, 1.165) is 0 Å². The fraction of sp³-hybridized carbons (Fsp3) is 0.556. The molecule has 6 heteroatoms. The van der Waals surface area contributed by atoms with Crippen molar-refractivity contribution in [3.05, 3.63) is 18.5 Å². The zero-order valence-corrected chi connectivity index (χ0v) is 9.07. The lowest BCUT2D eigenvalue weighted by Crippen LogP contribution is -2.41. The number of piperidine rings is 1. The molecule has 15 heavy (non-hydrogen) atoms. The van der Waals surface area contributed by atoms with E-state index >= 15 is 0 Å². The highest BCUT2D eigenvalue weighted by Crippen LogP contribution is 2.19. The Morgan fingerprint density at radius 1 is 1.53 bits per heavy atom. The van der Waals surface area contributed by atoms with Crippen LogP contribution in [0.25, 0.3) is 0 Å². The lowest BCUT2D eigenvalue weighted by molar-refractivity contribution is 0.108. The van der Waals surface area contributed by atoms with Gasteiger partial charge in [-0.1, -0.05) is 0 Å². The standard InChI is InChI=1S/C9H14N2O3S/c12-8-2-1-5-11(7-8)15(13,14)9-3-4-10-6-9/h3-4,6,8,10,12H,1-2,5,7H2. The van der Waals surface area contributed by atoms with Crippen LogP contribution in [0, 0.1) is 0 Å². The van der Waals surface area contributed by atoms with Crippen molar-refractivity contribution in [1.29, 1.82) is 0 Å². The first kappa shape index (κ1) is 10.7. The molecule has 2 N–H and O–H groups in total. The van der Waals surface area contributed by atoms with Crippen molar-refractivity contribution < 1.29 is 13.5 Å². The minimum Gasteiger partial charge on any atom is -0.392 e. The molecule has 0 saturated carbocycles. The molecule has 1 saturated heterocycles.